The summed E-state index contributed by atoms with van der Waals surface area (Å²) in [6, 6.07) is 8.53. The second-order valence-electron chi connectivity index (χ2n) is 5.98. The highest BCUT2D eigenvalue weighted by Gasteiger charge is 2.29. The van der Waals surface area contributed by atoms with Crippen LogP contribution in [0.3, 0.4) is 0 Å². The minimum atomic E-state index is 0.160. The summed E-state index contributed by atoms with van der Waals surface area (Å²) in [7, 11) is 2.12. The number of halogens is 1. The van der Waals surface area contributed by atoms with Gasteiger partial charge >= 0.3 is 0 Å². The van der Waals surface area contributed by atoms with Crippen LogP contribution in [0.2, 0.25) is 5.02 Å². The molecule has 1 rings (SSSR count). The van der Waals surface area contributed by atoms with Crippen molar-refractivity contribution in [3.63, 3.8) is 0 Å². The van der Waals surface area contributed by atoms with Crippen LogP contribution in [0.4, 0.5) is 0 Å². The molecule has 0 aromatic heterocycles. The summed E-state index contributed by atoms with van der Waals surface area (Å²) in [4.78, 5) is 2.32. The van der Waals surface area contributed by atoms with E-state index in [-0.39, 0.29) is 11.5 Å². The van der Waals surface area contributed by atoms with E-state index < -0.39 is 0 Å². The molecule has 0 radical (unpaired) electrons. The van der Waals surface area contributed by atoms with Crippen molar-refractivity contribution in [2.24, 2.45) is 11.1 Å². The molecule has 0 aliphatic heterocycles. The van der Waals surface area contributed by atoms with E-state index in [1.54, 1.807) is 0 Å². The minimum absolute atomic E-state index is 0.160. The van der Waals surface area contributed by atoms with Gasteiger partial charge in [0.1, 0.15) is 0 Å². The molecule has 1 aromatic carbocycles. The Morgan fingerprint density at radius 1 is 1.28 bits per heavy atom. The molecular weight excluding hydrogens is 244 g/mol. The first-order valence-corrected chi connectivity index (χ1v) is 6.83. The van der Waals surface area contributed by atoms with Crippen LogP contribution in [0.1, 0.15) is 39.3 Å². The summed E-state index contributed by atoms with van der Waals surface area (Å²) in [6.07, 6.45) is 0. The maximum Gasteiger partial charge on any atom is 0.0485 e. The molecule has 2 N–H and O–H groups in total. The lowest BCUT2D eigenvalue weighted by molar-refractivity contribution is 0.100. The zero-order valence-electron chi connectivity index (χ0n) is 12.1. The lowest BCUT2D eigenvalue weighted by Gasteiger charge is -2.40. The van der Waals surface area contributed by atoms with Crippen molar-refractivity contribution in [2.45, 2.75) is 39.8 Å². The van der Waals surface area contributed by atoms with Crippen molar-refractivity contribution < 1.29 is 0 Å². The van der Waals surface area contributed by atoms with E-state index in [0.29, 0.717) is 12.6 Å². The summed E-state index contributed by atoms with van der Waals surface area (Å²) in [5.41, 5.74) is 7.28. The molecule has 102 valence electrons. The molecule has 1 aromatic rings. The Kier molecular flexibility index (Phi) is 5.20. The fraction of sp³-hybridized carbons (Fsp3) is 0.600. The van der Waals surface area contributed by atoms with Crippen molar-refractivity contribution >= 4 is 11.6 Å². The van der Waals surface area contributed by atoms with E-state index in [0.717, 1.165) is 10.6 Å². The summed E-state index contributed by atoms with van der Waals surface area (Å²) in [5.74, 6) is 0. The van der Waals surface area contributed by atoms with Gasteiger partial charge in [0.05, 0.1) is 0 Å². The van der Waals surface area contributed by atoms with E-state index in [4.69, 9.17) is 17.3 Å². The van der Waals surface area contributed by atoms with Gasteiger partial charge in [-0.25, -0.2) is 0 Å². The Morgan fingerprint density at radius 2 is 1.83 bits per heavy atom. The van der Waals surface area contributed by atoms with Gasteiger partial charge in [0.25, 0.3) is 0 Å². The van der Waals surface area contributed by atoms with E-state index in [1.807, 2.05) is 18.2 Å². The van der Waals surface area contributed by atoms with Crippen molar-refractivity contribution in [3.05, 3.63) is 34.9 Å². The Morgan fingerprint density at radius 3 is 2.28 bits per heavy atom. The standard InChI is InChI=1S/C15H25ClN2/c1-11(15(2,3)4)18(5)14(10-17)12-8-6-7-9-13(12)16/h6-9,11,14H,10,17H2,1-5H3. The van der Waals surface area contributed by atoms with Gasteiger partial charge in [-0.05, 0) is 31.0 Å². The summed E-state index contributed by atoms with van der Waals surface area (Å²) >= 11 is 6.28. The molecule has 0 bridgehead atoms. The maximum atomic E-state index is 6.28. The van der Waals surface area contributed by atoms with Crippen molar-refractivity contribution in [3.8, 4) is 0 Å². The van der Waals surface area contributed by atoms with Gasteiger partial charge in [0.15, 0.2) is 0 Å². The lowest BCUT2D eigenvalue weighted by atomic mass is 9.86. The van der Waals surface area contributed by atoms with Crippen LogP contribution in [-0.2, 0) is 0 Å². The molecule has 0 heterocycles. The van der Waals surface area contributed by atoms with Crippen LogP contribution in [0.15, 0.2) is 24.3 Å². The number of likely N-dealkylation sites (N-methyl/N-ethyl adjacent to an activating group) is 1. The van der Waals surface area contributed by atoms with E-state index in [1.165, 1.54) is 0 Å². The second-order valence-corrected chi connectivity index (χ2v) is 6.39. The Balaban J connectivity index is 3.01. The van der Waals surface area contributed by atoms with Crippen LogP contribution in [0.5, 0.6) is 0 Å². The zero-order chi connectivity index (χ0) is 13.9. The van der Waals surface area contributed by atoms with Crippen molar-refractivity contribution in [1.82, 2.24) is 4.90 Å². The smallest absolute Gasteiger partial charge is 0.0485 e. The van der Waals surface area contributed by atoms with Crippen LogP contribution in [0.25, 0.3) is 0 Å². The number of hydrogen-bond donors (Lipinski definition) is 1. The summed E-state index contributed by atoms with van der Waals surface area (Å²) < 4.78 is 0. The lowest BCUT2D eigenvalue weighted by Crippen LogP contribution is -2.43. The number of hydrogen-bond acceptors (Lipinski definition) is 2. The first kappa shape index (κ1) is 15.5. The third kappa shape index (κ3) is 3.47. The molecule has 0 aliphatic rings. The molecule has 0 saturated carbocycles. The van der Waals surface area contributed by atoms with Gasteiger partial charge in [-0.1, -0.05) is 50.6 Å². The Hall–Kier alpha value is -0.570. The highest BCUT2D eigenvalue weighted by Crippen LogP contribution is 2.32. The first-order chi connectivity index (χ1) is 8.29. The number of nitrogens with zero attached hydrogens (tertiary/aromatic N) is 1. The highest BCUT2D eigenvalue weighted by atomic mass is 35.5. The SMILES string of the molecule is CC(N(C)C(CN)c1ccccc1Cl)C(C)(C)C. The molecule has 0 spiro atoms. The molecule has 2 atom stereocenters. The van der Waals surface area contributed by atoms with Crippen LogP contribution < -0.4 is 5.73 Å². The highest BCUT2D eigenvalue weighted by molar-refractivity contribution is 6.31. The summed E-state index contributed by atoms with van der Waals surface area (Å²) in [6.45, 7) is 9.54. The molecule has 18 heavy (non-hydrogen) atoms. The average molecular weight is 269 g/mol. The number of nitrogens with two attached hydrogens (primary N) is 1. The largest absolute Gasteiger partial charge is 0.329 e. The fourth-order valence-electron chi connectivity index (χ4n) is 2.14. The molecule has 2 unspecified atom stereocenters. The molecule has 0 fully saturated rings. The topological polar surface area (TPSA) is 29.3 Å². The third-order valence-electron chi connectivity index (χ3n) is 3.84. The second kappa shape index (κ2) is 6.05. The maximum absolute atomic E-state index is 6.28. The Bertz CT molecular complexity index is 384. The molecule has 0 amide bonds. The van der Waals surface area contributed by atoms with E-state index >= 15 is 0 Å². The molecule has 0 aliphatic carbocycles. The molecule has 2 nitrogen and oxygen atoms in total. The van der Waals surface area contributed by atoms with Crippen molar-refractivity contribution in [1.29, 1.82) is 0 Å². The Labute approximate surface area is 116 Å². The van der Waals surface area contributed by atoms with Crippen molar-refractivity contribution in [2.75, 3.05) is 13.6 Å². The minimum Gasteiger partial charge on any atom is -0.329 e. The van der Waals surface area contributed by atoms with E-state index in [9.17, 15) is 0 Å². The van der Waals surface area contributed by atoms with Gasteiger partial charge < -0.3 is 5.73 Å². The number of rotatable bonds is 4. The normalized spacial score (nSPS) is 15.8. The van der Waals surface area contributed by atoms with Gasteiger partial charge in [-0.15, -0.1) is 0 Å². The zero-order valence-corrected chi connectivity index (χ0v) is 12.8. The van der Waals surface area contributed by atoms with Gasteiger partial charge in [-0.2, -0.15) is 0 Å². The van der Waals surface area contributed by atoms with Gasteiger partial charge in [0.2, 0.25) is 0 Å². The van der Waals surface area contributed by atoms with Gasteiger partial charge in [0, 0.05) is 23.7 Å². The predicted octanol–water partition coefficient (Wildman–Crippen LogP) is 3.71. The fourth-order valence-corrected chi connectivity index (χ4v) is 2.40. The predicted molar refractivity (Wildman–Crippen MR) is 79.9 cm³/mol. The van der Waals surface area contributed by atoms with Crippen LogP contribution in [0, 0.1) is 5.41 Å². The van der Waals surface area contributed by atoms with Gasteiger partial charge in [-0.3, -0.25) is 4.90 Å². The first-order valence-electron chi connectivity index (χ1n) is 6.45. The van der Waals surface area contributed by atoms with E-state index in [2.05, 4.69) is 45.7 Å². The van der Waals surface area contributed by atoms with Crippen LogP contribution >= 0.6 is 11.6 Å². The average Bonchev–Trinajstić information content (AvgIpc) is 2.30. The monoisotopic (exact) mass is 268 g/mol. The third-order valence-corrected chi connectivity index (χ3v) is 4.19. The quantitative estimate of drug-likeness (QED) is 0.902. The molecular formula is C15H25ClN2. The van der Waals surface area contributed by atoms with Crippen LogP contribution in [-0.4, -0.2) is 24.5 Å². The molecule has 0 saturated heterocycles. The summed E-state index contributed by atoms with van der Waals surface area (Å²) in [5, 5.41) is 0.793. The number of benzene rings is 1. The molecule has 3 heteroatoms.